The molecule has 0 aliphatic carbocycles. The Morgan fingerprint density at radius 1 is 1.00 bits per heavy atom. The zero-order chi connectivity index (χ0) is 23.0. The van der Waals surface area contributed by atoms with Gasteiger partial charge in [-0.1, -0.05) is 60.7 Å². The van der Waals surface area contributed by atoms with Crippen LogP contribution in [0.4, 0.5) is 4.79 Å². The van der Waals surface area contributed by atoms with Crippen LogP contribution in [-0.2, 0) is 29.2 Å². The first-order valence-corrected chi connectivity index (χ1v) is 10.3. The van der Waals surface area contributed by atoms with Gasteiger partial charge in [-0.2, -0.15) is 4.68 Å². The number of hydrogen-bond acceptors (Lipinski definition) is 7. The number of nitrogens with one attached hydrogen (secondary N) is 1. The first-order chi connectivity index (χ1) is 15.3. The lowest BCUT2D eigenvalue weighted by atomic mass is 10.0. The average Bonchev–Trinajstić information content (AvgIpc) is 3.21. The predicted octanol–water partition coefficient (Wildman–Crippen LogP) is 3.17. The van der Waals surface area contributed by atoms with E-state index in [0.717, 1.165) is 11.1 Å². The first kappa shape index (κ1) is 23.1. The Bertz CT molecular complexity index is 1020. The highest BCUT2D eigenvalue weighted by Gasteiger charge is 2.29. The van der Waals surface area contributed by atoms with Crippen molar-refractivity contribution in [3.63, 3.8) is 0 Å². The van der Waals surface area contributed by atoms with Crippen molar-refractivity contribution in [1.29, 1.82) is 0 Å². The molecule has 1 amide bonds. The minimum atomic E-state index is -0.911. The van der Waals surface area contributed by atoms with E-state index in [9.17, 15) is 9.59 Å². The van der Waals surface area contributed by atoms with Gasteiger partial charge in [-0.15, -0.1) is 5.10 Å². The number of rotatable bonds is 9. The van der Waals surface area contributed by atoms with Gasteiger partial charge in [-0.3, -0.25) is 4.79 Å². The summed E-state index contributed by atoms with van der Waals surface area (Å²) < 4.78 is 12.3. The van der Waals surface area contributed by atoms with Crippen LogP contribution < -0.4 is 5.32 Å². The monoisotopic (exact) mass is 437 g/mol. The lowest BCUT2D eigenvalue weighted by Gasteiger charge is -2.23. The molecule has 0 saturated carbocycles. The molecule has 0 unspecified atom stereocenters. The molecule has 1 heterocycles. The van der Waals surface area contributed by atoms with Crippen molar-refractivity contribution in [3.8, 4) is 0 Å². The Hall–Kier alpha value is -3.59. The number of hydrogen-bond donors (Lipinski definition) is 1. The zero-order valence-corrected chi connectivity index (χ0v) is 18.4. The van der Waals surface area contributed by atoms with Gasteiger partial charge in [-0.05, 0) is 42.3 Å². The Labute approximate surface area is 186 Å². The van der Waals surface area contributed by atoms with Crippen molar-refractivity contribution < 1.29 is 19.1 Å². The minimum absolute atomic E-state index is 0.00458. The van der Waals surface area contributed by atoms with E-state index >= 15 is 0 Å². The molecule has 9 nitrogen and oxygen atoms in total. The summed E-state index contributed by atoms with van der Waals surface area (Å²) in [7, 11) is 0. The van der Waals surface area contributed by atoms with Crippen LogP contribution in [0, 0.1) is 0 Å². The highest BCUT2D eigenvalue weighted by molar-refractivity contribution is 5.98. The minimum Gasteiger partial charge on any atom is -0.444 e. The highest BCUT2D eigenvalue weighted by atomic mass is 16.6. The molecule has 0 bridgehead atoms. The fourth-order valence-electron chi connectivity index (χ4n) is 2.96. The predicted molar refractivity (Wildman–Crippen MR) is 117 cm³/mol. The molecule has 168 valence electrons. The summed E-state index contributed by atoms with van der Waals surface area (Å²) in [5, 5.41) is 14.0. The SMILES string of the molecule is CC(C)(C)OC(=O)N[C@@H](Cc1ccccc1)C(=O)c1nnnn1COCc1ccccc1. The van der Waals surface area contributed by atoms with Gasteiger partial charge >= 0.3 is 6.09 Å². The summed E-state index contributed by atoms with van der Waals surface area (Å²) in [6.07, 6.45) is -0.428. The molecule has 0 fully saturated rings. The number of nitrogens with zero attached hydrogens (tertiary/aromatic N) is 4. The van der Waals surface area contributed by atoms with E-state index in [0.29, 0.717) is 6.61 Å². The summed E-state index contributed by atoms with van der Waals surface area (Å²) in [5.41, 5.74) is 1.17. The van der Waals surface area contributed by atoms with Gasteiger partial charge in [-0.25, -0.2) is 4.79 Å². The molecular formula is C23H27N5O4. The zero-order valence-electron chi connectivity index (χ0n) is 18.4. The van der Waals surface area contributed by atoms with E-state index in [2.05, 4.69) is 20.8 Å². The van der Waals surface area contributed by atoms with Crippen LogP contribution in [0.1, 0.15) is 42.5 Å². The van der Waals surface area contributed by atoms with Gasteiger partial charge in [0.15, 0.2) is 0 Å². The third-order valence-corrected chi connectivity index (χ3v) is 4.37. The molecule has 2 aromatic carbocycles. The Balaban J connectivity index is 1.72. The molecule has 1 atom stereocenters. The van der Waals surface area contributed by atoms with Gasteiger partial charge in [0.25, 0.3) is 0 Å². The molecule has 0 radical (unpaired) electrons. The molecule has 1 aromatic heterocycles. The van der Waals surface area contributed by atoms with Crippen molar-refractivity contribution >= 4 is 11.9 Å². The van der Waals surface area contributed by atoms with Gasteiger partial charge in [0.1, 0.15) is 18.4 Å². The number of ether oxygens (including phenoxy) is 2. The van der Waals surface area contributed by atoms with Crippen LogP contribution in [0.3, 0.4) is 0 Å². The average molecular weight is 438 g/mol. The number of Topliss-reactive ketones (excluding diaryl/α,β-unsaturated/α-hetero) is 1. The summed E-state index contributed by atoms with van der Waals surface area (Å²) >= 11 is 0. The van der Waals surface area contributed by atoms with Crippen LogP contribution in [0.15, 0.2) is 60.7 Å². The number of carbonyl (C=O) groups is 2. The second kappa shape index (κ2) is 10.6. The maximum absolute atomic E-state index is 13.3. The van der Waals surface area contributed by atoms with Crippen LogP contribution in [0.2, 0.25) is 0 Å². The molecule has 3 aromatic rings. The van der Waals surface area contributed by atoms with Gasteiger partial charge in [0.2, 0.25) is 11.6 Å². The van der Waals surface area contributed by atoms with Crippen molar-refractivity contribution in [2.24, 2.45) is 0 Å². The summed E-state index contributed by atoms with van der Waals surface area (Å²) in [6, 6.07) is 18.1. The Morgan fingerprint density at radius 2 is 1.62 bits per heavy atom. The van der Waals surface area contributed by atoms with Crippen molar-refractivity contribution in [2.45, 2.75) is 52.2 Å². The number of tetrazole rings is 1. The number of carbonyl (C=O) groups excluding carboxylic acids is 2. The third-order valence-electron chi connectivity index (χ3n) is 4.37. The van der Waals surface area contributed by atoms with E-state index in [1.54, 1.807) is 20.8 Å². The van der Waals surface area contributed by atoms with Gasteiger partial charge in [0, 0.05) is 6.42 Å². The molecule has 0 aliphatic rings. The molecular weight excluding hydrogens is 410 g/mol. The molecule has 9 heteroatoms. The molecule has 32 heavy (non-hydrogen) atoms. The number of ketones is 1. The van der Waals surface area contributed by atoms with Gasteiger partial charge < -0.3 is 14.8 Å². The second-order valence-corrected chi connectivity index (χ2v) is 8.22. The molecule has 0 saturated heterocycles. The molecule has 3 rings (SSSR count). The van der Waals surface area contributed by atoms with E-state index in [-0.39, 0.29) is 19.0 Å². The van der Waals surface area contributed by atoms with E-state index in [1.807, 2.05) is 60.7 Å². The fraction of sp³-hybridized carbons (Fsp3) is 0.348. The number of aromatic nitrogens is 4. The number of benzene rings is 2. The van der Waals surface area contributed by atoms with E-state index in [1.165, 1.54) is 4.68 Å². The number of alkyl carbamates (subject to hydrolysis) is 1. The lowest BCUT2D eigenvalue weighted by Crippen LogP contribution is -2.45. The van der Waals surface area contributed by atoms with E-state index in [4.69, 9.17) is 9.47 Å². The Kier molecular flexibility index (Phi) is 7.67. The van der Waals surface area contributed by atoms with Gasteiger partial charge in [0.05, 0.1) is 6.61 Å². The second-order valence-electron chi connectivity index (χ2n) is 8.22. The molecule has 0 aliphatic heterocycles. The van der Waals surface area contributed by atoms with Crippen molar-refractivity contribution in [1.82, 2.24) is 25.5 Å². The quantitative estimate of drug-likeness (QED) is 0.512. The van der Waals surface area contributed by atoms with Crippen LogP contribution >= 0.6 is 0 Å². The smallest absolute Gasteiger partial charge is 0.408 e. The normalized spacial score (nSPS) is 12.2. The molecule has 0 spiro atoms. The van der Waals surface area contributed by atoms with Crippen LogP contribution in [-0.4, -0.2) is 43.7 Å². The van der Waals surface area contributed by atoms with Crippen LogP contribution in [0.5, 0.6) is 0 Å². The lowest BCUT2D eigenvalue weighted by molar-refractivity contribution is 0.0468. The maximum Gasteiger partial charge on any atom is 0.408 e. The topological polar surface area (TPSA) is 108 Å². The Morgan fingerprint density at radius 3 is 2.25 bits per heavy atom. The largest absolute Gasteiger partial charge is 0.444 e. The maximum atomic E-state index is 13.3. The highest BCUT2D eigenvalue weighted by Crippen LogP contribution is 2.11. The van der Waals surface area contributed by atoms with Crippen molar-refractivity contribution in [2.75, 3.05) is 0 Å². The summed E-state index contributed by atoms with van der Waals surface area (Å²) in [5.74, 6) is -0.442. The first-order valence-electron chi connectivity index (χ1n) is 10.3. The summed E-state index contributed by atoms with van der Waals surface area (Å²) in [4.78, 5) is 25.7. The summed E-state index contributed by atoms with van der Waals surface area (Å²) in [6.45, 7) is 5.60. The van der Waals surface area contributed by atoms with E-state index < -0.39 is 23.5 Å². The fourth-order valence-corrected chi connectivity index (χ4v) is 2.96. The van der Waals surface area contributed by atoms with Crippen LogP contribution in [0.25, 0.3) is 0 Å². The molecule has 1 N–H and O–H groups in total. The standard InChI is InChI=1S/C23H27N5O4/c1-23(2,3)32-22(30)24-19(14-17-10-6-4-7-11-17)20(29)21-25-26-27-28(21)16-31-15-18-12-8-5-9-13-18/h4-13,19H,14-16H2,1-3H3,(H,24,30)/t19-/m0/s1. The van der Waals surface area contributed by atoms with Crippen molar-refractivity contribution in [3.05, 3.63) is 77.6 Å². The number of amides is 1. The third kappa shape index (κ3) is 6.98.